The van der Waals surface area contributed by atoms with E-state index in [9.17, 15) is 14.8 Å². The molecule has 0 saturated carbocycles. The third-order valence-electron chi connectivity index (χ3n) is 6.82. The van der Waals surface area contributed by atoms with Crippen LogP contribution in [0.25, 0.3) is 0 Å². The molecule has 0 fully saturated rings. The van der Waals surface area contributed by atoms with E-state index in [1.54, 1.807) is 54.7 Å². The molecule has 10 heteroatoms. The number of anilines is 3. The molecular weight excluding hydrogens is 508 g/mol. The highest BCUT2D eigenvalue weighted by Crippen LogP contribution is 2.37. The number of ether oxygens (including phenoxy) is 1. The lowest BCUT2D eigenvalue weighted by molar-refractivity contribution is -0.605. The third-order valence-corrected chi connectivity index (χ3v) is 6.82. The van der Waals surface area contributed by atoms with Gasteiger partial charge in [0.05, 0.1) is 17.9 Å². The highest BCUT2D eigenvalue weighted by molar-refractivity contribution is 6.12. The summed E-state index contributed by atoms with van der Waals surface area (Å²) in [6.07, 6.45) is 6.83. The van der Waals surface area contributed by atoms with E-state index in [1.165, 1.54) is 12.4 Å². The van der Waals surface area contributed by atoms with Crippen molar-refractivity contribution in [1.82, 2.24) is 15.3 Å². The lowest BCUT2D eigenvalue weighted by Crippen LogP contribution is -2.26. The summed E-state index contributed by atoms with van der Waals surface area (Å²) in [5.41, 5.74) is 4.33. The van der Waals surface area contributed by atoms with Gasteiger partial charge in [0.1, 0.15) is 11.6 Å². The minimum atomic E-state index is -0.210. The number of fused-ring (bicyclic) bond motifs is 2. The van der Waals surface area contributed by atoms with E-state index in [-0.39, 0.29) is 11.8 Å². The van der Waals surface area contributed by atoms with Crippen LogP contribution in [0.5, 0.6) is 5.75 Å². The number of hydrogen-bond acceptors (Lipinski definition) is 7. The Balaban J connectivity index is 1.23. The van der Waals surface area contributed by atoms with E-state index < -0.39 is 0 Å². The molecule has 0 spiro atoms. The molecule has 3 aromatic heterocycles. The van der Waals surface area contributed by atoms with Crippen molar-refractivity contribution in [3.05, 3.63) is 106 Å². The summed E-state index contributed by atoms with van der Waals surface area (Å²) in [5.74, 6) is 1.62. The average molecular weight is 539 g/mol. The number of aryl methyl sites for hydroxylation is 1. The summed E-state index contributed by atoms with van der Waals surface area (Å²) in [7, 11) is 1.75. The van der Waals surface area contributed by atoms with Crippen molar-refractivity contribution >= 4 is 29.1 Å². The fourth-order valence-electron chi connectivity index (χ4n) is 4.64. The van der Waals surface area contributed by atoms with Gasteiger partial charge in [-0.15, -0.1) is 0 Å². The SMILES string of the molecule is CCN1c2ncc(CCOc3ccc(C(=O)NCc4cc[n+]([O-])cc4)cc3C)cc2C(=O)N(C)c2cccnc21. The topological polar surface area (TPSA) is 115 Å². The summed E-state index contributed by atoms with van der Waals surface area (Å²) >= 11 is 0. The monoisotopic (exact) mass is 538 g/mol. The second-order valence-electron chi connectivity index (χ2n) is 9.50. The van der Waals surface area contributed by atoms with Crippen LogP contribution in [0, 0.1) is 12.1 Å². The maximum atomic E-state index is 13.3. The van der Waals surface area contributed by atoms with Crippen LogP contribution in [0.4, 0.5) is 17.3 Å². The molecule has 0 bridgehead atoms. The average Bonchev–Trinajstić information content (AvgIpc) is 3.06. The molecule has 5 rings (SSSR count). The first-order valence-corrected chi connectivity index (χ1v) is 13.0. The maximum absolute atomic E-state index is 13.3. The van der Waals surface area contributed by atoms with Crippen LogP contribution in [0.15, 0.2) is 73.3 Å². The molecule has 40 heavy (non-hydrogen) atoms. The molecule has 0 aliphatic carbocycles. The van der Waals surface area contributed by atoms with Crippen molar-refractivity contribution in [3.8, 4) is 5.75 Å². The maximum Gasteiger partial charge on any atom is 0.261 e. The number of carbonyl (C=O) groups is 2. The van der Waals surface area contributed by atoms with Gasteiger partial charge in [0, 0.05) is 56.6 Å². The van der Waals surface area contributed by atoms with E-state index >= 15 is 0 Å². The van der Waals surface area contributed by atoms with Gasteiger partial charge in [0.15, 0.2) is 18.2 Å². The van der Waals surface area contributed by atoms with E-state index in [1.807, 2.05) is 36.9 Å². The molecule has 4 aromatic rings. The van der Waals surface area contributed by atoms with Crippen LogP contribution < -0.4 is 24.6 Å². The lowest BCUT2D eigenvalue weighted by Gasteiger charge is -2.22. The van der Waals surface area contributed by atoms with Gasteiger partial charge in [-0.3, -0.25) is 9.59 Å². The Morgan fingerprint density at radius 2 is 1.88 bits per heavy atom. The predicted molar refractivity (Wildman–Crippen MR) is 151 cm³/mol. The molecule has 4 heterocycles. The normalized spacial score (nSPS) is 12.4. The molecule has 0 saturated heterocycles. The zero-order chi connectivity index (χ0) is 28.2. The van der Waals surface area contributed by atoms with Crippen LogP contribution in [0.3, 0.4) is 0 Å². The molecule has 204 valence electrons. The molecule has 0 unspecified atom stereocenters. The number of nitrogens with zero attached hydrogens (tertiary/aromatic N) is 5. The third kappa shape index (κ3) is 5.42. The Bertz CT molecular complexity index is 1560. The van der Waals surface area contributed by atoms with Crippen LogP contribution in [0.1, 0.15) is 44.3 Å². The molecule has 1 N–H and O–H groups in total. The Kier molecular flexibility index (Phi) is 7.59. The molecule has 1 aromatic carbocycles. The van der Waals surface area contributed by atoms with Crippen molar-refractivity contribution in [2.75, 3.05) is 30.0 Å². The van der Waals surface area contributed by atoms with Crippen molar-refractivity contribution < 1.29 is 19.1 Å². The van der Waals surface area contributed by atoms with Gasteiger partial charge in [0.25, 0.3) is 11.8 Å². The van der Waals surface area contributed by atoms with Gasteiger partial charge in [-0.2, -0.15) is 4.73 Å². The molecular formula is C30H30N6O4. The number of hydrogen-bond donors (Lipinski definition) is 1. The number of nitrogens with one attached hydrogen (secondary N) is 1. The van der Waals surface area contributed by atoms with Gasteiger partial charge in [0.2, 0.25) is 0 Å². The zero-order valence-corrected chi connectivity index (χ0v) is 22.6. The van der Waals surface area contributed by atoms with E-state index in [0.29, 0.717) is 59.4 Å². The molecule has 2 amide bonds. The highest BCUT2D eigenvalue weighted by Gasteiger charge is 2.30. The smallest absolute Gasteiger partial charge is 0.261 e. The minimum absolute atomic E-state index is 0.138. The summed E-state index contributed by atoms with van der Waals surface area (Å²) < 4.78 is 6.72. The highest BCUT2D eigenvalue weighted by atomic mass is 16.5. The van der Waals surface area contributed by atoms with Crippen molar-refractivity contribution in [1.29, 1.82) is 0 Å². The van der Waals surface area contributed by atoms with Crippen LogP contribution in [-0.4, -0.2) is 42.0 Å². The number of amides is 2. The summed E-state index contributed by atoms with van der Waals surface area (Å²) in [6, 6.07) is 14.2. The molecule has 10 nitrogen and oxygen atoms in total. The Morgan fingerprint density at radius 3 is 2.62 bits per heavy atom. The Morgan fingerprint density at radius 1 is 1.07 bits per heavy atom. The number of aromatic nitrogens is 3. The van der Waals surface area contributed by atoms with Crippen molar-refractivity contribution in [2.24, 2.45) is 0 Å². The molecule has 0 radical (unpaired) electrons. The fourth-order valence-corrected chi connectivity index (χ4v) is 4.64. The van der Waals surface area contributed by atoms with Crippen LogP contribution >= 0.6 is 0 Å². The minimum Gasteiger partial charge on any atom is -0.619 e. The Hall–Kier alpha value is -4.99. The van der Waals surface area contributed by atoms with E-state index in [0.717, 1.165) is 22.4 Å². The number of carbonyl (C=O) groups excluding carboxylic acids is 2. The van der Waals surface area contributed by atoms with Gasteiger partial charge in [-0.1, -0.05) is 0 Å². The van der Waals surface area contributed by atoms with E-state index in [2.05, 4.69) is 15.3 Å². The van der Waals surface area contributed by atoms with Crippen molar-refractivity contribution in [3.63, 3.8) is 0 Å². The second kappa shape index (κ2) is 11.4. The Labute approximate surface area is 232 Å². The fraction of sp³-hybridized carbons (Fsp3) is 0.233. The first-order valence-electron chi connectivity index (χ1n) is 13.0. The summed E-state index contributed by atoms with van der Waals surface area (Å²) in [4.78, 5) is 38.7. The standard InChI is InChI=1S/C30H30N6O4/c1-4-36-27-24(30(38)34(3)25-6-5-12-31-28(25)36)17-22(19-32-27)11-15-40-26-8-7-23(16-20(26)2)29(37)33-18-21-9-13-35(39)14-10-21/h5-10,12-14,16-17,19H,4,11,15,18H2,1-3H3,(H,33,37). The van der Waals surface area contributed by atoms with Crippen LogP contribution in [-0.2, 0) is 13.0 Å². The van der Waals surface area contributed by atoms with Gasteiger partial charge in [-0.05, 0) is 66.9 Å². The van der Waals surface area contributed by atoms with Gasteiger partial charge < -0.3 is 25.1 Å². The number of benzene rings is 1. The molecule has 1 aliphatic rings. The second-order valence-corrected chi connectivity index (χ2v) is 9.50. The first kappa shape index (κ1) is 26.6. The zero-order valence-electron chi connectivity index (χ0n) is 22.6. The quantitative estimate of drug-likeness (QED) is 0.269. The van der Waals surface area contributed by atoms with Gasteiger partial charge >= 0.3 is 0 Å². The van der Waals surface area contributed by atoms with Crippen LogP contribution in [0.2, 0.25) is 0 Å². The van der Waals surface area contributed by atoms with Gasteiger partial charge in [-0.25, -0.2) is 9.97 Å². The number of rotatable bonds is 8. The molecule has 1 aliphatic heterocycles. The largest absolute Gasteiger partial charge is 0.619 e. The summed E-state index contributed by atoms with van der Waals surface area (Å²) in [6.45, 7) is 5.21. The first-order chi connectivity index (χ1) is 19.4. The van der Waals surface area contributed by atoms with E-state index in [4.69, 9.17) is 4.74 Å². The lowest BCUT2D eigenvalue weighted by atomic mass is 10.1. The van der Waals surface area contributed by atoms with Crippen molar-refractivity contribution in [2.45, 2.75) is 26.8 Å². The summed E-state index contributed by atoms with van der Waals surface area (Å²) in [5, 5.41) is 14.0. The number of pyridine rings is 3. The molecule has 0 atom stereocenters. The predicted octanol–water partition coefficient (Wildman–Crippen LogP) is 3.72.